The molecule has 2 heterocycles. The van der Waals surface area contributed by atoms with Gasteiger partial charge in [-0.3, -0.25) is 9.69 Å². The molecule has 0 bridgehead atoms. The number of nitrogens with zero attached hydrogens (tertiary/aromatic N) is 2. The lowest BCUT2D eigenvalue weighted by atomic mass is 10.2. The Bertz CT molecular complexity index is 1260. The maximum atomic E-state index is 12.3. The number of benzene rings is 3. The SMILES string of the molecule is O=C(COC(=O)c1cc2ccccc2o1)Nc1ccc(N2CCN(Cc3ccccc3)CC2)cc1. The lowest BCUT2D eigenvalue weighted by molar-refractivity contribution is -0.119. The minimum atomic E-state index is -0.668. The average Bonchev–Trinajstić information content (AvgIpc) is 3.34. The number of anilines is 2. The van der Waals surface area contributed by atoms with Gasteiger partial charge in [0.1, 0.15) is 5.58 Å². The Morgan fingerprint density at radius 1 is 0.857 bits per heavy atom. The minimum Gasteiger partial charge on any atom is -0.450 e. The van der Waals surface area contributed by atoms with Crippen molar-refractivity contribution in [3.05, 3.63) is 96.3 Å². The van der Waals surface area contributed by atoms with Crippen molar-refractivity contribution in [1.82, 2.24) is 4.90 Å². The molecule has 0 unspecified atom stereocenters. The number of esters is 1. The summed E-state index contributed by atoms with van der Waals surface area (Å²) in [4.78, 5) is 29.3. The van der Waals surface area contributed by atoms with Crippen LogP contribution in [0, 0.1) is 0 Å². The Morgan fingerprint density at radius 3 is 2.31 bits per heavy atom. The number of nitrogens with one attached hydrogen (secondary N) is 1. The number of furan rings is 1. The summed E-state index contributed by atoms with van der Waals surface area (Å²) in [6, 6.07) is 27.2. The van der Waals surface area contributed by atoms with E-state index in [0.717, 1.165) is 43.8 Å². The number of rotatable bonds is 7. The molecule has 0 aliphatic carbocycles. The molecule has 7 heteroatoms. The normalized spacial score (nSPS) is 14.1. The molecule has 0 atom stereocenters. The van der Waals surface area contributed by atoms with Crippen LogP contribution in [0.15, 0.2) is 89.3 Å². The first kappa shape index (κ1) is 22.7. The van der Waals surface area contributed by atoms with Crippen molar-refractivity contribution in [1.29, 1.82) is 0 Å². The first-order valence-electron chi connectivity index (χ1n) is 11.7. The second kappa shape index (κ2) is 10.4. The van der Waals surface area contributed by atoms with Crippen LogP contribution >= 0.6 is 0 Å². The van der Waals surface area contributed by atoms with Gasteiger partial charge in [0.15, 0.2) is 6.61 Å². The highest BCUT2D eigenvalue weighted by atomic mass is 16.5. The van der Waals surface area contributed by atoms with E-state index in [1.54, 1.807) is 12.1 Å². The lowest BCUT2D eigenvalue weighted by Crippen LogP contribution is -2.45. The summed E-state index contributed by atoms with van der Waals surface area (Å²) in [5.74, 6) is -0.998. The molecule has 0 saturated carbocycles. The number of amides is 1. The molecular weight excluding hydrogens is 442 g/mol. The Hall–Kier alpha value is -4.10. The average molecular weight is 470 g/mol. The van der Waals surface area contributed by atoms with E-state index in [1.165, 1.54) is 5.56 Å². The van der Waals surface area contributed by atoms with E-state index in [2.05, 4.69) is 39.4 Å². The molecule has 1 aliphatic rings. The molecule has 3 aromatic carbocycles. The van der Waals surface area contributed by atoms with Gasteiger partial charge in [-0.2, -0.15) is 0 Å². The van der Waals surface area contributed by atoms with Gasteiger partial charge >= 0.3 is 5.97 Å². The Balaban J connectivity index is 1.08. The third-order valence-electron chi connectivity index (χ3n) is 6.10. The fraction of sp³-hybridized carbons (Fsp3) is 0.214. The van der Waals surface area contributed by atoms with Gasteiger partial charge in [0.25, 0.3) is 5.91 Å². The van der Waals surface area contributed by atoms with E-state index in [9.17, 15) is 9.59 Å². The van der Waals surface area contributed by atoms with Crippen molar-refractivity contribution in [2.45, 2.75) is 6.54 Å². The van der Waals surface area contributed by atoms with E-state index in [0.29, 0.717) is 11.3 Å². The maximum Gasteiger partial charge on any atom is 0.374 e. The van der Waals surface area contributed by atoms with E-state index in [1.807, 2.05) is 48.5 Å². The molecule has 1 amide bonds. The molecule has 0 spiro atoms. The number of carbonyl (C=O) groups is 2. The molecule has 35 heavy (non-hydrogen) atoms. The van der Waals surface area contributed by atoms with Gasteiger partial charge in [0.2, 0.25) is 5.76 Å². The topological polar surface area (TPSA) is 75.0 Å². The number of para-hydroxylation sites is 1. The number of fused-ring (bicyclic) bond motifs is 1. The maximum absolute atomic E-state index is 12.3. The first-order chi connectivity index (χ1) is 17.1. The summed E-state index contributed by atoms with van der Waals surface area (Å²) in [7, 11) is 0. The highest BCUT2D eigenvalue weighted by Crippen LogP contribution is 2.21. The number of piperazine rings is 1. The zero-order chi connectivity index (χ0) is 24.0. The van der Waals surface area contributed by atoms with Gasteiger partial charge in [-0.15, -0.1) is 0 Å². The van der Waals surface area contributed by atoms with E-state index < -0.39 is 11.9 Å². The highest BCUT2D eigenvalue weighted by Gasteiger charge is 2.18. The van der Waals surface area contributed by atoms with Crippen LogP contribution in [0.3, 0.4) is 0 Å². The van der Waals surface area contributed by atoms with E-state index >= 15 is 0 Å². The summed E-state index contributed by atoms with van der Waals surface area (Å²) in [6.45, 7) is 4.50. The van der Waals surface area contributed by atoms with E-state index in [4.69, 9.17) is 9.15 Å². The predicted molar refractivity (Wildman–Crippen MR) is 136 cm³/mol. The molecule has 1 aliphatic heterocycles. The smallest absolute Gasteiger partial charge is 0.374 e. The number of hydrogen-bond donors (Lipinski definition) is 1. The molecule has 7 nitrogen and oxygen atoms in total. The summed E-state index contributed by atoms with van der Waals surface area (Å²) in [6.07, 6.45) is 0. The van der Waals surface area contributed by atoms with Crippen molar-refractivity contribution >= 4 is 34.2 Å². The van der Waals surface area contributed by atoms with Gasteiger partial charge in [-0.05, 0) is 42.0 Å². The van der Waals surface area contributed by atoms with Crippen LogP contribution in [0.25, 0.3) is 11.0 Å². The molecule has 4 aromatic rings. The summed E-state index contributed by atoms with van der Waals surface area (Å²) < 4.78 is 10.6. The summed E-state index contributed by atoms with van der Waals surface area (Å²) in [5.41, 5.74) is 3.71. The molecular formula is C28H27N3O4. The molecule has 1 aromatic heterocycles. The predicted octanol–water partition coefficient (Wildman–Crippen LogP) is 4.55. The van der Waals surface area contributed by atoms with Gasteiger partial charge in [-0.1, -0.05) is 48.5 Å². The fourth-order valence-corrected chi connectivity index (χ4v) is 4.24. The van der Waals surface area contributed by atoms with Gasteiger partial charge in [-0.25, -0.2) is 4.79 Å². The first-order valence-corrected chi connectivity index (χ1v) is 11.7. The third-order valence-corrected chi connectivity index (χ3v) is 6.10. The van der Waals surface area contributed by atoms with Crippen molar-refractivity contribution in [3.63, 3.8) is 0 Å². The van der Waals surface area contributed by atoms with Gasteiger partial charge in [0.05, 0.1) is 0 Å². The molecule has 178 valence electrons. The van der Waals surface area contributed by atoms with Crippen LogP contribution in [-0.2, 0) is 16.1 Å². The van der Waals surface area contributed by atoms with Crippen molar-refractivity contribution < 1.29 is 18.7 Å². The van der Waals surface area contributed by atoms with Crippen molar-refractivity contribution in [2.24, 2.45) is 0 Å². The monoisotopic (exact) mass is 469 g/mol. The standard InChI is InChI=1S/C28H27N3O4/c32-27(20-34-28(33)26-18-22-8-4-5-9-25(22)35-26)29-23-10-12-24(13-11-23)31-16-14-30(15-17-31)19-21-6-2-1-3-7-21/h1-13,18H,14-17,19-20H2,(H,29,32). The van der Waals surface area contributed by atoms with Crippen LogP contribution in [0.1, 0.15) is 16.1 Å². The van der Waals surface area contributed by atoms with Crippen LogP contribution < -0.4 is 10.2 Å². The molecule has 5 rings (SSSR count). The second-order valence-electron chi connectivity index (χ2n) is 8.57. The quantitative estimate of drug-likeness (QED) is 0.400. The Kier molecular flexibility index (Phi) is 6.77. The van der Waals surface area contributed by atoms with Gasteiger partial charge < -0.3 is 19.4 Å². The highest BCUT2D eigenvalue weighted by molar-refractivity contribution is 5.96. The lowest BCUT2D eigenvalue weighted by Gasteiger charge is -2.36. The zero-order valence-corrected chi connectivity index (χ0v) is 19.4. The summed E-state index contributed by atoms with van der Waals surface area (Å²) >= 11 is 0. The molecule has 1 saturated heterocycles. The second-order valence-corrected chi connectivity index (χ2v) is 8.57. The van der Waals surface area contributed by atoms with Crippen molar-refractivity contribution in [2.75, 3.05) is 43.0 Å². The van der Waals surface area contributed by atoms with Crippen LogP contribution in [0.2, 0.25) is 0 Å². The largest absolute Gasteiger partial charge is 0.450 e. The Morgan fingerprint density at radius 2 is 1.57 bits per heavy atom. The molecule has 1 N–H and O–H groups in total. The number of carbonyl (C=O) groups excluding carboxylic acids is 2. The third kappa shape index (κ3) is 5.70. The fourth-order valence-electron chi connectivity index (χ4n) is 4.24. The van der Waals surface area contributed by atoms with Crippen molar-refractivity contribution in [3.8, 4) is 0 Å². The number of ether oxygens (including phenoxy) is 1. The van der Waals surface area contributed by atoms with Crippen LogP contribution in [0.4, 0.5) is 11.4 Å². The minimum absolute atomic E-state index is 0.0761. The Labute approximate surface area is 203 Å². The molecule has 0 radical (unpaired) electrons. The van der Waals surface area contributed by atoms with E-state index in [-0.39, 0.29) is 12.4 Å². The summed E-state index contributed by atoms with van der Waals surface area (Å²) in [5, 5.41) is 3.57. The zero-order valence-electron chi connectivity index (χ0n) is 19.4. The number of hydrogen-bond acceptors (Lipinski definition) is 6. The molecule has 1 fully saturated rings. The van der Waals surface area contributed by atoms with Crippen LogP contribution in [-0.4, -0.2) is 49.6 Å². The van der Waals surface area contributed by atoms with Gasteiger partial charge in [0, 0.05) is 49.5 Å². The van der Waals surface area contributed by atoms with Crippen LogP contribution in [0.5, 0.6) is 0 Å².